The van der Waals surface area contributed by atoms with Crippen LogP contribution in [0.2, 0.25) is 0 Å². The number of nitrogens with one attached hydrogen (secondary N) is 1. The Kier molecular flexibility index (Phi) is 4.98. The first kappa shape index (κ1) is 14.4. The van der Waals surface area contributed by atoms with Gasteiger partial charge in [0.15, 0.2) is 0 Å². The predicted molar refractivity (Wildman–Crippen MR) is 77.0 cm³/mol. The van der Waals surface area contributed by atoms with E-state index in [0.29, 0.717) is 13.0 Å². The van der Waals surface area contributed by atoms with Crippen LogP contribution >= 0.6 is 0 Å². The van der Waals surface area contributed by atoms with E-state index in [-0.39, 0.29) is 12.5 Å². The Balaban J connectivity index is 1.70. The third-order valence-corrected chi connectivity index (χ3v) is 3.48. The molecule has 0 aromatic heterocycles. The molecule has 0 fully saturated rings. The van der Waals surface area contributed by atoms with Crippen LogP contribution < -0.4 is 10.2 Å². The van der Waals surface area contributed by atoms with Crippen molar-refractivity contribution in [3.05, 3.63) is 29.8 Å². The molecule has 0 spiro atoms. The molecule has 5 nitrogen and oxygen atoms in total. The molecule has 2 rings (SSSR count). The molecule has 2 amide bonds. The quantitative estimate of drug-likeness (QED) is 0.784. The highest BCUT2D eigenvalue weighted by atomic mass is 16.4. The molecule has 0 aliphatic carbocycles. The highest BCUT2D eigenvalue weighted by Gasteiger charge is 2.23. The first-order valence-electron chi connectivity index (χ1n) is 7.03. The first-order chi connectivity index (χ1) is 9.68. The lowest BCUT2D eigenvalue weighted by Crippen LogP contribution is -2.39. The van der Waals surface area contributed by atoms with Crippen LogP contribution in [0.25, 0.3) is 0 Å². The van der Waals surface area contributed by atoms with Gasteiger partial charge in [-0.1, -0.05) is 24.6 Å². The molecule has 2 N–H and O–H groups in total. The largest absolute Gasteiger partial charge is 0.481 e. The minimum Gasteiger partial charge on any atom is -0.481 e. The number of urea groups is 1. The van der Waals surface area contributed by atoms with E-state index in [2.05, 4.69) is 11.4 Å². The van der Waals surface area contributed by atoms with Gasteiger partial charge >= 0.3 is 12.0 Å². The Morgan fingerprint density at radius 1 is 1.20 bits per heavy atom. The van der Waals surface area contributed by atoms with E-state index in [9.17, 15) is 9.59 Å². The molecule has 1 aliphatic rings. The molecule has 1 aliphatic heterocycles. The second-order valence-electron chi connectivity index (χ2n) is 4.97. The molecule has 20 heavy (non-hydrogen) atoms. The Hall–Kier alpha value is -2.04. The molecule has 5 heteroatoms. The summed E-state index contributed by atoms with van der Waals surface area (Å²) in [5.41, 5.74) is 2.21. The number of carboxylic acids is 1. The summed E-state index contributed by atoms with van der Waals surface area (Å²) in [4.78, 5) is 24.2. The van der Waals surface area contributed by atoms with E-state index >= 15 is 0 Å². The summed E-state index contributed by atoms with van der Waals surface area (Å²) in [6, 6.07) is 7.88. The number of hydrogen-bond donors (Lipinski definition) is 2. The minimum absolute atomic E-state index is 0.0619. The Labute approximate surface area is 118 Å². The van der Waals surface area contributed by atoms with Gasteiger partial charge in [0, 0.05) is 25.2 Å². The minimum atomic E-state index is -0.761. The number of carboxylic acid groups (broad SMARTS) is 1. The van der Waals surface area contributed by atoms with Crippen LogP contribution in [-0.4, -0.2) is 30.2 Å². The fourth-order valence-electron chi connectivity index (χ4n) is 2.42. The molecule has 108 valence electrons. The number of amides is 2. The second-order valence-corrected chi connectivity index (χ2v) is 4.97. The zero-order valence-corrected chi connectivity index (χ0v) is 11.5. The van der Waals surface area contributed by atoms with E-state index < -0.39 is 5.97 Å². The topological polar surface area (TPSA) is 69.6 Å². The molecule has 0 bridgehead atoms. The van der Waals surface area contributed by atoms with Crippen LogP contribution in [0.5, 0.6) is 0 Å². The number of carbonyl (C=O) groups is 2. The summed E-state index contributed by atoms with van der Waals surface area (Å²) in [6.07, 6.45) is 3.41. The van der Waals surface area contributed by atoms with E-state index in [1.807, 2.05) is 18.2 Å². The van der Waals surface area contributed by atoms with Gasteiger partial charge < -0.3 is 10.4 Å². The van der Waals surface area contributed by atoms with Crippen LogP contribution in [0.15, 0.2) is 24.3 Å². The predicted octanol–water partition coefficient (Wildman–Crippen LogP) is 2.40. The highest BCUT2D eigenvalue weighted by Crippen LogP contribution is 2.27. The lowest BCUT2D eigenvalue weighted by Gasteiger charge is -2.18. The van der Waals surface area contributed by atoms with Gasteiger partial charge in [0.25, 0.3) is 0 Å². The summed E-state index contributed by atoms with van der Waals surface area (Å²) in [6.45, 7) is 1.32. The van der Waals surface area contributed by atoms with Crippen molar-refractivity contribution in [1.29, 1.82) is 0 Å². The van der Waals surface area contributed by atoms with Crippen LogP contribution in [0.4, 0.5) is 10.5 Å². The molecule has 0 unspecified atom stereocenters. The lowest BCUT2D eigenvalue weighted by molar-refractivity contribution is -0.137. The molecule has 1 aromatic rings. The molecule has 0 saturated carbocycles. The molecule has 0 saturated heterocycles. The maximum absolute atomic E-state index is 12.1. The van der Waals surface area contributed by atoms with Crippen LogP contribution in [-0.2, 0) is 11.2 Å². The maximum Gasteiger partial charge on any atom is 0.321 e. The second kappa shape index (κ2) is 6.93. The van der Waals surface area contributed by atoms with Crippen LogP contribution in [0.1, 0.15) is 31.2 Å². The number of para-hydroxylation sites is 1. The van der Waals surface area contributed by atoms with Crippen molar-refractivity contribution in [3.8, 4) is 0 Å². The van der Waals surface area contributed by atoms with Crippen molar-refractivity contribution < 1.29 is 14.7 Å². The van der Waals surface area contributed by atoms with Gasteiger partial charge in [-0.2, -0.15) is 0 Å². The monoisotopic (exact) mass is 276 g/mol. The fraction of sp³-hybridized carbons (Fsp3) is 0.467. The molecular weight excluding hydrogens is 256 g/mol. The number of benzene rings is 1. The molecule has 1 aromatic carbocycles. The SMILES string of the molecule is O=C(O)CCCCCNC(=O)N1CCc2ccccc21. The summed E-state index contributed by atoms with van der Waals surface area (Å²) in [5, 5.41) is 11.4. The van der Waals surface area contributed by atoms with Crippen molar-refractivity contribution in [2.45, 2.75) is 32.1 Å². The average molecular weight is 276 g/mol. The number of fused-ring (bicyclic) bond motifs is 1. The normalized spacial score (nSPS) is 13.1. The van der Waals surface area contributed by atoms with Gasteiger partial charge in [0.1, 0.15) is 0 Å². The van der Waals surface area contributed by atoms with Crippen LogP contribution in [0, 0.1) is 0 Å². The fourth-order valence-corrected chi connectivity index (χ4v) is 2.42. The van der Waals surface area contributed by atoms with Gasteiger partial charge in [0.2, 0.25) is 0 Å². The highest BCUT2D eigenvalue weighted by molar-refractivity contribution is 5.94. The number of hydrogen-bond acceptors (Lipinski definition) is 2. The van der Waals surface area contributed by atoms with Crippen molar-refractivity contribution in [3.63, 3.8) is 0 Å². The number of rotatable bonds is 6. The number of aliphatic carboxylic acids is 1. The average Bonchev–Trinajstić information content (AvgIpc) is 2.86. The Bertz CT molecular complexity index is 488. The van der Waals surface area contributed by atoms with Crippen molar-refractivity contribution in [1.82, 2.24) is 5.32 Å². The summed E-state index contributed by atoms with van der Waals surface area (Å²) >= 11 is 0. The number of nitrogens with zero attached hydrogens (tertiary/aromatic N) is 1. The summed E-state index contributed by atoms with van der Waals surface area (Å²) < 4.78 is 0. The first-order valence-corrected chi connectivity index (χ1v) is 7.03. The number of anilines is 1. The Morgan fingerprint density at radius 2 is 2.00 bits per heavy atom. The van der Waals surface area contributed by atoms with Gasteiger partial charge in [0.05, 0.1) is 0 Å². The zero-order chi connectivity index (χ0) is 14.4. The molecule has 0 radical (unpaired) electrons. The third kappa shape index (κ3) is 3.73. The smallest absolute Gasteiger partial charge is 0.321 e. The van der Waals surface area contributed by atoms with Crippen molar-refractivity contribution in [2.75, 3.05) is 18.0 Å². The third-order valence-electron chi connectivity index (χ3n) is 3.48. The van der Waals surface area contributed by atoms with E-state index in [1.54, 1.807) is 4.90 Å². The number of unbranched alkanes of at least 4 members (excludes halogenated alkanes) is 2. The maximum atomic E-state index is 12.1. The van der Waals surface area contributed by atoms with Gasteiger partial charge in [-0.05, 0) is 30.9 Å². The standard InChI is InChI=1S/C15H20N2O3/c18-14(19)8-2-1-5-10-16-15(20)17-11-9-12-6-3-4-7-13(12)17/h3-4,6-7H,1-2,5,8-11H2,(H,16,20)(H,18,19). The van der Waals surface area contributed by atoms with Crippen molar-refractivity contribution >= 4 is 17.7 Å². The van der Waals surface area contributed by atoms with Gasteiger partial charge in [-0.25, -0.2) is 4.79 Å². The number of carbonyl (C=O) groups excluding carboxylic acids is 1. The lowest BCUT2D eigenvalue weighted by atomic mass is 10.2. The zero-order valence-electron chi connectivity index (χ0n) is 11.5. The van der Waals surface area contributed by atoms with Crippen molar-refractivity contribution in [2.24, 2.45) is 0 Å². The summed E-state index contributed by atoms with van der Waals surface area (Å²) in [7, 11) is 0. The van der Waals surface area contributed by atoms with Gasteiger partial charge in [-0.15, -0.1) is 0 Å². The Morgan fingerprint density at radius 3 is 2.80 bits per heavy atom. The molecule has 0 atom stereocenters. The van der Waals surface area contributed by atoms with Crippen LogP contribution in [0.3, 0.4) is 0 Å². The van der Waals surface area contributed by atoms with E-state index in [0.717, 1.165) is 31.5 Å². The van der Waals surface area contributed by atoms with E-state index in [4.69, 9.17) is 5.11 Å². The van der Waals surface area contributed by atoms with Gasteiger partial charge in [-0.3, -0.25) is 9.69 Å². The van der Waals surface area contributed by atoms with E-state index in [1.165, 1.54) is 5.56 Å². The summed E-state index contributed by atoms with van der Waals surface area (Å²) in [5.74, 6) is -0.761. The molecular formula is C15H20N2O3. The molecule has 1 heterocycles.